The van der Waals surface area contributed by atoms with Gasteiger partial charge in [0.2, 0.25) is 5.91 Å². The summed E-state index contributed by atoms with van der Waals surface area (Å²) in [6, 6.07) is 6.00. The Balaban J connectivity index is 0.00000288. The van der Waals surface area contributed by atoms with E-state index in [0.29, 0.717) is 6.42 Å². The van der Waals surface area contributed by atoms with Crippen molar-refractivity contribution in [3.63, 3.8) is 0 Å². The number of hydrogen-bond donors (Lipinski definition) is 2. The fourth-order valence-corrected chi connectivity index (χ4v) is 2.89. The van der Waals surface area contributed by atoms with Gasteiger partial charge in [0.05, 0.1) is 14.2 Å². The minimum Gasteiger partial charge on any atom is -0.497 e. The number of methoxy groups -OCH3 is 2. The van der Waals surface area contributed by atoms with Crippen molar-refractivity contribution >= 4 is 30.7 Å². The number of nitrogens with zero attached hydrogens (tertiary/aromatic N) is 1. The molecule has 1 saturated heterocycles. The molecule has 2 unspecified atom stereocenters. The molecule has 0 saturated carbocycles. The third-order valence-electron chi connectivity index (χ3n) is 3.96. The second-order valence-electron chi connectivity index (χ2n) is 6.19. The van der Waals surface area contributed by atoms with Gasteiger partial charge in [-0.05, 0) is 31.0 Å². The van der Waals surface area contributed by atoms with Crippen LogP contribution in [-0.2, 0) is 11.3 Å². The summed E-state index contributed by atoms with van der Waals surface area (Å²) in [7, 11) is 3.30. The van der Waals surface area contributed by atoms with Crippen LogP contribution in [0.2, 0.25) is 0 Å². The number of nitrogens with two attached hydrogens (primary N) is 1. The monoisotopic (exact) mass is 393 g/mol. The Bertz CT molecular complexity index is 522. The van der Waals surface area contributed by atoms with Gasteiger partial charge in [-0.3, -0.25) is 9.69 Å². The van der Waals surface area contributed by atoms with E-state index in [4.69, 9.17) is 15.2 Å². The van der Waals surface area contributed by atoms with Crippen LogP contribution in [0.25, 0.3) is 0 Å². The molecule has 1 amide bonds. The van der Waals surface area contributed by atoms with Crippen molar-refractivity contribution in [2.45, 2.75) is 38.4 Å². The fraction of sp³-hybridized carbons (Fsp3) is 0.588. The zero-order valence-electron chi connectivity index (χ0n) is 15.0. The maximum Gasteiger partial charge on any atom is 0.221 e. The lowest BCUT2D eigenvalue weighted by Gasteiger charge is -2.18. The highest BCUT2D eigenvalue weighted by Crippen LogP contribution is 2.24. The second-order valence-corrected chi connectivity index (χ2v) is 6.19. The van der Waals surface area contributed by atoms with Crippen LogP contribution in [0.1, 0.15) is 25.3 Å². The number of amides is 1. The van der Waals surface area contributed by atoms with Crippen molar-refractivity contribution in [3.05, 3.63) is 23.8 Å². The van der Waals surface area contributed by atoms with E-state index in [0.717, 1.165) is 43.1 Å². The van der Waals surface area contributed by atoms with Crippen molar-refractivity contribution in [2.24, 2.45) is 5.73 Å². The molecule has 0 bridgehead atoms. The molecule has 1 heterocycles. The zero-order chi connectivity index (χ0) is 16.8. The van der Waals surface area contributed by atoms with Crippen LogP contribution in [-0.4, -0.2) is 50.2 Å². The highest BCUT2D eigenvalue weighted by molar-refractivity contribution is 5.85. The minimum absolute atomic E-state index is 0. The molecule has 1 aromatic rings. The van der Waals surface area contributed by atoms with Gasteiger partial charge in [0.1, 0.15) is 11.5 Å². The standard InChI is InChI=1S/C17H27N3O3.2ClH/c1-12(18)6-17(21)19-14-4-5-20(11-14)10-13-7-15(22-2)9-16(8-13)23-3;;/h7-9,12,14H,4-6,10-11,18H2,1-3H3,(H,19,21);2*1H. The van der Waals surface area contributed by atoms with E-state index in [2.05, 4.69) is 10.2 Å². The SMILES string of the molecule is COc1cc(CN2CCC(NC(=O)CC(C)N)C2)cc(OC)c1.Cl.Cl. The number of benzene rings is 1. The first kappa shape index (κ1) is 23.8. The third kappa shape index (κ3) is 7.69. The molecule has 3 N–H and O–H groups in total. The van der Waals surface area contributed by atoms with Gasteiger partial charge in [-0.1, -0.05) is 0 Å². The highest BCUT2D eigenvalue weighted by Gasteiger charge is 2.24. The maximum atomic E-state index is 11.8. The Morgan fingerprint density at radius 1 is 1.28 bits per heavy atom. The molecule has 25 heavy (non-hydrogen) atoms. The van der Waals surface area contributed by atoms with Crippen molar-refractivity contribution < 1.29 is 14.3 Å². The summed E-state index contributed by atoms with van der Waals surface area (Å²) >= 11 is 0. The number of carbonyl (C=O) groups is 1. The van der Waals surface area contributed by atoms with Crippen molar-refractivity contribution in [3.8, 4) is 11.5 Å². The molecule has 1 aromatic carbocycles. The van der Waals surface area contributed by atoms with Crippen molar-refractivity contribution in [1.29, 1.82) is 0 Å². The average Bonchev–Trinajstić information content (AvgIpc) is 2.92. The summed E-state index contributed by atoms with van der Waals surface area (Å²) in [5.41, 5.74) is 6.80. The lowest BCUT2D eigenvalue weighted by Crippen LogP contribution is -2.39. The van der Waals surface area contributed by atoms with Gasteiger partial charge in [-0.25, -0.2) is 0 Å². The average molecular weight is 394 g/mol. The third-order valence-corrected chi connectivity index (χ3v) is 3.96. The van der Waals surface area contributed by atoms with Crippen LogP contribution in [0.5, 0.6) is 11.5 Å². The lowest BCUT2D eigenvalue weighted by molar-refractivity contribution is -0.121. The quantitative estimate of drug-likeness (QED) is 0.740. The van der Waals surface area contributed by atoms with E-state index < -0.39 is 0 Å². The molecule has 1 aliphatic rings. The summed E-state index contributed by atoms with van der Waals surface area (Å²) in [6.45, 7) is 4.47. The molecule has 0 aromatic heterocycles. The molecule has 2 rings (SSSR count). The first-order valence-corrected chi connectivity index (χ1v) is 7.99. The minimum atomic E-state index is -0.100. The van der Waals surface area contributed by atoms with Gasteiger partial charge in [-0.2, -0.15) is 0 Å². The predicted octanol–water partition coefficient (Wildman–Crippen LogP) is 1.98. The molecule has 1 aliphatic heterocycles. The summed E-state index contributed by atoms with van der Waals surface area (Å²) in [5.74, 6) is 1.62. The predicted molar refractivity (Wildman–Crippen MR) is 104 cm³/mol. The van der Waals surface area contributed by atoms with Gasteiger partial charge in [-0.15, -0.1) is 24.8 Å². The van der Waals surface area contributed by atoms with Crippen LogP contribution in [0, 0.1) is 0 Å². The van der Waals surface area contributed by atoms with E-state index in [-0.39, 0.29) is 42.8 Å². The summed E-state index contributed by atoms with van der Waals surface area (Å²) in [6.07, 6.45) is 1.34. The molecule has 0 aliphatic carbocycles. The Morgan fingerprint density at radius 2 is 1.88 bits per heavy atom. The van der Waals surface area contributed by atoms with Crippen LogP contribution < -0.4 is 20.5 Å². The number of ether oxygens (including phenoxy) is 2. The van der Waals surface area contributed by atoms with E-state index in [1.807, 2.05) is 25.1 Å². The first-order chi connectivity index (χ1) is 11.0. The molecular weight excluding hydrogens is 365 g/mol. The number of carbonyl (C=O) groups excluding carboxylic acids is 1. The summed E-state index contributed by atoms with van der Waals surface area (Å²) in [5, 5.41) is 3.06. The highest BCUT2D eigenvalue weighted by atomic mass is 35.5. The molecule has 2 atom stereocenters. The summed E-state index contributed by atoms with van der Waals surface area (Å²) in [4.78, 5) is 14.1. The van der Waals surface area contributed by atoms with Crippen LogP contribution in [0.4, 0.5) is 0 Å². The van der Waals surface area contributed by atoms with E-state index >= 15 is 0 Å². The number of hydrogen-bond acceptors (Lipinski definition) is 5. The molecule has 0 radical (unpaired) electrons. The Hall–Kier alpha value is -1.21. The van der Waals surface area contributed by atoms with Gasteiger partial charge in [0.15, 0.2) is 0 Å². The molecule has 0 spiro atoms. The van der Waals surface area contributed by atoms with Crippen LogP contribution >= 0.6 is 24.8 Å². The topological polar surface area (TPSA) is 76.8 Å². The Kier molecular flexibility index (Phi) is 10.9. The number of nitrogens with one attached hydrogen (secondary N) is 1. The number of likely N-dealkylation sites (tertiary alicyclic amines) is 1. The summed E-state index contributed by atoms with van der Waals surface area (Å²) < 4.78 is 10.6. The Labute approximate surface area is 162 Å². The van der Waals surface area contributed by atoms with Crippen LogP contribution in [0.15, 0.2) is 18.2 Å². The maximum absolute atomic E-state index is 11.8. The molecule has 6 nitrogen and oxygen atoms in total. The number of halogens is 2. The molecule has 8 heteroatoms. The van der Waals surface area contributed by atoms with Gasteiger partial charge < -0.3 is 20.5 Å². The molecule has 1 fully saturated rings. The van der Waals surface area contributed by atoms with Crippen molar-refractivity contribution in [2.75, 3.05) is 27.3 Å². The van der Waals surface area contributed by atoms with Crippen LogP contribution in [0.3, 0.4) is 0 Å². The molecule has 144 valence electrons. The van der Waals surface area contributed by atoms with Gasteiger partial charge in [0.25, 0.3) is 0 Å². The normalized spacial score (nSPS) is 17.8. The van der Waals surface area contributed by atoms with Gasteiger partial charge >= 0.3 is 0 Å². The largest absolute Gasteiger partial charge is 0.497 e. The van der Waals surface area contributed by atoms with E-state index in [9.17, 15) is 4.79 Å². The molecular formula is C17H29Cl2N3O3. The Morgan fingerprint density at radius 3 is 2.40 bits per heavy atom. The van der Waals surface area contributed by atoms with E-state index in [1.165, 1.54) is 0 Å². The smallest absolute Gasteiger partial charge is 0.221 e. The zero-order valence-corrected chi connectivity index (χ0v) is 16.6. The van der Waals surface area contributed by atoms with Gasteiger partial charge in [0, 0.05) is 44.2 Å². The lowest BCUT2D eigenvalue weighted by atomic mass is 10.2. The number of rotatable bonds is 7. The van der Waals surface area contributed by atoms with Crippen molar-refractivity contribution in [1.82, 2.24) is 10.2 Å². The fourth-order valence-electron chi connectivity index (χ4n) is 2.89. The van der Waals surface area contributed by atoms with E-state index in [1.54, 1.807) is 14.2 Å². The first-order valence-electron chi connectivity index (χ1n) is 7.99. The second kappa shape index (κ2) is 11.4.